The van der Waals surface area contributed by atoms with Crippen LogP contribution in [-0.4, -0.2) is 23.4 Å². The van der Waals surface area contributed by atoms with Gasteiger partial charge in [0.1, 0.15) is 0 Å². The first kappa shape index (κ1) is 14.5. The molecule has 0 saturated carbocycles. The van der Waals surface area contributed by atoms with Crippen molar-refractivity contribution in [1.29, 1.82) is 0 Å². The number of likely N-dealkylation sites (tertiary alicyclic amines) is 1. The first-order valence-corrected chi connectivity index (χ1v) is 7.74. The number of alkyl halides is 1. The Morgan fingerprint density at radius 2 is 1.89 bits per heavy atom. The van der Waals surface area contributed by atoms with Crippen molar-refractivity contribution in [2.24, 2.45) is 0 Å². The quantitative estimate of drug-likeness (QED) is 0.709. The molecule has 1 aromatic rings. The van der Waals surface area contributed by atoms with Crippen molar-refractivity contribution < 1.29 is 0 Å². The summed E-state index contributed by atoms with van der Waals surface area (Å²) in [5.74, 6) is 0.720. The number of nitrogens with zero attached hydrogens (tertiary/aromatic N) is 1. The fourth-order valence-corrected chi connectivity index (χ4v) is 3.38. The smallest absolute Gasteiger partial charge is 0.0465 e. The summed E-state index contributed by atoms with van der Waals surface area (Å²) in [6.45, 7) is 1.95. The summed E-state index contributed by atoms with van der Waals surface area (Å²) >= 11 is 18.4. The molecule has 1 unspecified atom stereocenters. The summed E-state index contributed by atoms with van der Waals surface area (Å²) in [6.07, 6.45) is 4.83. The van der Waals surface area contributed by atoms with E-state index in [1.165, 1.54) is 19.3 Å². The Labute approximate surface area is 124 Å². The first-order chi connectivity index (χ1) is 8.72. The lowest BCUT2D eigenvalue weighted by molar-refractivity contribution is 0.137. The minimum atomic E-state index is 0.573. The van der Waals surface area contributed by atoms with Crippen LogP contribution in [0.1, 0.15) is 31.2 Å². The maximum Gasteiger partial charge on any atom is 0.0465 e. The summed E-state index contributed by atoms with van der Waals surface area (Å²) in [5, 5.41) is 1.52. The van der Waals surface area contributed by atoms with Gasteiger partial charge in [-0.1, -0.05) is 35.7 Å². The van der Waals surface area contributed by atoms with E-state index in [1.54, 1.807) is 0 Å². The summed E-state index contributed by atoms with van der Waals surface area (Å²) < 4.78 is 0. The van der Waals surface area contributed by atoms with Crippen molar-refractivity contribution in [3.63, 3.8) is 0 Å². The molecule has 1 aliphatic rings. The fourth-order valence-electron chi connectivity index (χ4n) is 2.61. The molecule has 0 amide bonds. The molecule has 1 aliphatic heterocycles. The molecule has 0 aliphatic carbocycles. The van der Waals surface area contributed by atoms with Crippen LogP contribution in [0.25, 0.3) is 0 Å². The molecule has 1 heterocycles. The number of hydrogen-bond acceptors (Lipinski definition) is 1. The highest BCUT2D eigenvalue weighted by Gasteiger charge is 2.23. The van der Waals surface area contributed by atoms with Gasteiger partial charge in [0.05, 0.1) is 0 Å². The van der Waals surface area contributed by atoms with Crippen LogP contribution in [-0.2, 0) is 6.54 Å². The van der Waals surface area contributed by atoms with Gasteiger partial charge in [-0.3, -0.25) is 4.90 Å². The standard InChI is InChI=1S/C14H18Cl3N/c15-8-7-11-4-1-2-9-18(11)10-12-13(16)5-3-6-14(12)17/h3,5-6,11H,1-2,4,7-10H2. The Bertz CT molecular complexity index is 372. The molecule has 4 heteroatoms. The zero-order valence-corrected chi connectivity index (χ0v) is 12.6. The lowest BCUT2D eigenvalue weighted by atomic mass is 9.99. The van der Waals surface area contributed by atoms with E-state index in [0.29, 0.717) is 6.04 Å². The maximum atomic E-state index is 6.24. The zero-order valence-electron chi connectivity index (χ0n) is 10.3. The molecular formula is C14H18Cl3N. The average molecular weight is 307 g/mol. The molecule has 0 spiro atoms. The van der Waals surface area contributed by atoms with Gasteiger partial charge in [0.25, 0.3) is 0 Å². The van der Waals surface area contributed by atoms with Crippen molar-refractivity contribution in [2.75, 3.05) is 12.4 Å². The number of rotatable bonds is 4. The second kappa shape index (κ2) is 7.00. The molecular weight excluding hydrogens is 289 g/mol. The van der Waals surface area contributed by atoms with Crippen molar-refractivity contribution in [2.45, 2.75) is 38.3 Å². The first-order valence-electron chi connectivity index (χ1n) is 6.45. The highest BCUT2D eigenvalue weighted by Crippen LogP contribution is 2.29. The minimum Gasteiger partial charge on any atom is -0.296 e. The zero-order chi connectivity index (χ0) is 13.0. The molecule has 1 aromatic carbocycles. The molecule has 0 aromatic heterocycles. The van der Waals surface area contributed by atoms with E-state index in [4.69, 9.17) is 34.8 Å². The topological polar surface area (TPSA) is 3.24 Å². The van der Waals surface area contributed by atoms with Crippen LogP contribution in [0.3, 0.4) is 0 Å². The Balaban J connectivity index is 2.11. The molecule has 18 heavy (non-hydrogen) atoms. The average Bonchev–Trinajstić information content (AvgIpc) is 2.36. The summed E-state index contributed by atoms with van der Waals surface area (Å²) in [5.41, 5.74) is 1.04. The molecule has 1 saturated heterocycles. The van der Waals surface area contributed by atoms with E-state index in [2.05, 4.69) is 4.90 Å². The van der Waals surface area contributed by atoms with Gasteiger partial charge in [-0.15, -0.1) is 11.6 Å². The van der Waals surface area contributed by atoms with Crippen LogP contribution in [0.15, 0.2) is 18.2 Å². The lowest BCUT2D eigenvalue weighted by Crippen LogP contribution is -2.39. The molecule has 100 valence electrons. The molecule has 0 bridgehead atoms. The third-order valence-corrected chi connectivity index (χ3v) is 4.54. The Morgan fingerprint density at radius 3 is 2.56 bits per heavy atom. The Kier molecular flexibility index (Phi) is 5.62. The molecule has 1 nitrogen and oxygen atoms in total. The van der Waals surface area contributed by atoms with Gasteiger partial charge in [-0.2, -0.15) is 0 Å². The molecule has 1 fully saturated rings. The third-order valence-electron chi connectivity index (χ3n) is 3.61. The molecule has 1 atom stereocenters. The fraction of sp³-hybridized carbons (Fsp3) is 0.571. The van der Waals surface area contributed by atoms with Gasteiger partial charge in [0.15, 0.2) is 0 Å². The van der Waals surface area contributed by atoms with Gasteiger partial charge in [0, 0.05) is 34.1 Å². The van der Waals surface area contributed by atoms with Crippen molar-refractivity contribution in [3.8, 4) is 0 Å². The van der Waals surface area contributed by atoms with Gasteiger partial charge in [-0.25, -0.2) is 0 Å². The monoisotopic (exact) mass is 305 g/mol. The second-order valence-electron chi connectivity index (χ2n) is 4.80. The Hall–Kier alpha value is 0.0500. The molecule has 0 radical (unpaired) electrons. The summed E-state index contributed by atoms with van der Waals surface area (Å²) in [7, 11) is 0. The highest BCUT2D eigenvalue weighted by molar-refractivity contribution is 6.35. The maximum absolute atomic E-state index is 6.24. The number of benzene rings is 1. The van der Waals surface area contributed by atoms with E-state index in [9.17, 15) is 0 Å². The van der Waals surface area contributed by atoms with E-state index >= 15 is 0 Å². The predicted octanol–water partition coefficient (Wildman–Crippen LogP) is 4.98. The SMILES string of the molecule is ClCCC1CCCCN1Cc1c(Cl)cccc1Cl. The van der Waals surface area contributed by atoms with Crippen LogP contribution in [0, 0.1) is 0 Å². The van der Waals surface area contributed by atoms with E-state index < -0.39 is 0 Å². The van der Waals surface area contributed by atoms with Crippen LogP contribution in [0.5, 0.6) is 0 Å². The van der Waals surface area contributed by atoms with Gasteiger partial charge < -0.3 is 0 Å². The van der Waals surface area contributed by atoms with Gasteiger partial charge in [0.2, 0.25) is 0 Å². The van der Waals surface area contributed by atoms with E-state index in [1.807, 2.05) is 18.2 Å². The van der Waals surface area contributed by atoms with Crippen molar-refractivity contribution in [3.05, 3.63) is 33.8 Å². The highest BCUT2D eigenvalue weighted by atomic mass is 35.5. The van der Waals surface area contributed by atoms with Crippen LogP contribution in [0.2, 0.25) is 10.0 Å². The van der Waals surface area contributed by atoms with Crippen LogP contribution in [0.4, 0.5) is 0 Å². The normalized spacial score (nSPS) is 21.2. The largest absolute Gasteiger partial charge is 0.296 e. The molecule has 2 rings (SSSR count). The molecule has 0 N–H and O–H groups in total. The van der Waals surface area contributed by atoms with E-state index in [-0.39, 0.29) is 0 Å². The van der Waals surface area contributed by atoms with Crippen molar-refractivity contribution >= 4 is 34.8 Å². The van der Waals surface area contributed by atoms with E-state index in [0.717, 1.165) is 41.0 Å². The summed E-state index contributed by atoms with van der Waals surface area (Å²) in [6, 6.07) is 6.27. The second-order valence-corrected chi connectivity index (χ2v) is 5.99. The lowest BCUT2D eigenvalue weighted by Gasteiger charge is -2.35. The number of piperidine rings is 1. The predicted molar refractivity (Wildman–Crippen MR) is 79.8 cm³/mol. The van der Waals surface area contributed by atoms with Gasteiger partial charge >= 0.3 is 0 Å². The Morgan fingerprint density at radius 1 is 1.17 bits per heavy atom. The number of hydrogen-bond donors (Lipinski definition) is 0. The third kappa shape index (κ3) is 3.54. The minimum absolute atomic E-state index is 0.573. The van der Waals surface area contributed by atoms with Crippen LogP contribution >= 0.6 is 34.8 Å². The van der Waals surface area contributed by atoms with Crippen LogP contribution < -0.4 is 0 Å². The number of halogens is 3. The van der Waals surface area contributed by atoms with Crippen molar-refractivity contribution in [1.82, 2.24) is 4.90 Å². The summed E-state index contributed by atoms with van der Waals surface area (Å²) in [4.78, 5) is 2.47. The van der Waals surface area contributed by atoms with Gasteiger partial charge in [-0.05, 0) is 37.9 Å².